The predicted molar refractivity (Wildman–Crippen MR) is 72.7 cm³/mol. The minimum Gasteiger partial charge on any atom is -0.394 e. The van der Waals surface area contributed by atoms with Gasteiger partial charge >= 0.3 is 0 Å². The molecule has 1 saturated carbocycles. The highest BCUT2D eigenvalue weighted by Crippen LogP contribution is 2.26. The molecule has 1 aliphatic carbocycles. The van der Waals surface area contributed by atoms with Gasteiger partial charge in [-0.05, 0) is 40.0 Å². The fourth-order valence-electron chi connectivity index (χ4n) is 2.92. The Hall–Kier alpha value is -0.160. The van der Waals surface area contributed by atoms with Crippen LogP contribution >= 0.6 is 0 Å². The summed E-state index contributed by atoms with van der Waals surface area (Å²) in [4.78, 5) is 2.48. The molecule has 0 radical (unpaired) electrons. The highest BCUT2D eigenvalue weighted by Gasteiger charge is 2.34. The van der Waals surface area contributed by atoms with E-state index >= 15 is 0 Å². The van der Waals surface area contributed by atoms with Crippen molar-refractivity contribution in [3.05, 3.63) is 0 Å². The van der Waals surface area contributed by atoms with Crippen molar-refractivity contribution in [3.8, 4) is 0 Å². The van der Waals surface area contributed by atoms with Gasteiger partial charge in [-0.2, -0.15) is 0 Å². The van der Waals surface area contributed by atoms with Crippen molar-refractivity contribution in [3.63, 3.8) is 0 Å². The molecule has 4 heteroatoms. The first kappa shape index (κ1) is 14.3. The fraction of sp³-hybridized carbons (Fsp3) is 1.00. The van der Waals surface area contributed by atoms with Crippen molar-refractivity contribution in [1.29, 1.82) is 0 Å². The molecule has 4 nitrogen and oxygen atoms in total. The molecule has 18 heavy (non-hydrogen) atoms. The summed E-state index contributed by atoms with van der Waals surface area (Å²) < 4.78 is 5.58. The Bertz CT molecular complexity index is 271. The molecule has 2 rings (SSSR count). The first-order valence-electron chi connectivity index (χ1n) is 7.26. The molecule has 0 bridgehead atoms. The zero-order chi connectivity index (χ0) is 13.2. The van der Waals surface area contributed by atoms with Gasteiger partial charge in [0, 0.05) is 30.7 Å². The van der Waals surface area contributed by atoms with Gasteiger partial charge in [-0.1, -0.05) is 0 Å². The third kappa shape index (κ3) is 3.92. The van der Waals surface area contributed by atoms with E-state index in [4.69, 9.17) is 4.74 Å². The molecule has 0 spiro atoms. The lowest BCUT2D eigenvalue weighted by Gasteiger charge is -2.40. The minimum absolute atomic E-state index is 0.137. The highest BCUT2D eigenvalue weighted by atomic mass is 16.5. The normalized spacial score (nSPS) is 31.0. The molecule has 2 N–H and O–H groups in total. The lowest BCUT2D eigenvalue weighted by atomic mass is 9.93. The molecule has 1 heterocycles. The van der Waals surface area contributed by atoms with Gasteiger partial charge in [-0.15, -0.1) is 0 Å². The van der Waals surface area contributed by atoms with Gasteiger partial charge in [0.1, 0.15) is 0 Å². The number of nitrogens with zero attached hydrogens (tertiary/aromatic N) is 1. The number of morpholine rings is 1. The van der Waals surface area contributed by atoms with Gasteiger partial charge in [0.15, 0.2) is 0 Å². The van der Waals surface area contributed by atoms with Gasteiger partial charge in [0.05, 0.1) is 19.3 Å². The topological polar surface area (TPSA) is 44.7 Å². The Kier molecular flexibility index (Phi) is 4.64. The van der Waals surface area contributed by atoms with Crippen LogP contribution in [-0.2, 0) is 4.74 Å². The van der Waals surface area contributed by atoms with Crippen molar-refractivity contribution in [1.82, 2.24) is 10.2 Å². The number of nitrogens with one attached hydrogen (secondary N) is 1. The Morgan fingerprint density at radius 2 is 2.22 bits per heavy atom. The molecule has 3 unspecified atom stereocenters. The number of ether oxygens (including phenoxy) is 1. The van der Waals surface area contributed by atoms with Gasteiger partial charge in [0.25, 0.3) is 0 Å². The summed E-state index contributed by atoms with van der Waals surface area (Å²) in [5.74, 6) is 0. The maximum absolute atomic E-state index is 9.66. The summed E-state index contributed by atoms with van der Waals surface area (Å²) in [7, 11) is 0. The van der Waals surface area contributed by atoms with Crippen molar-refractivity contribution >= 4 is 0 Å². The van der Waals surface area contributed by atoms with Crippen LogP contribution in [-0.4, -0.2) is 60.0 Å². The van der Waals surface area contributed by atoms with Crippen LogP contribution in [0.4, 0.5) is 0 Å². The molecule has 2 aliphatic rings. The number of hydrogen-bond donors (Lipinski definition) is 2. The summed E-state index contributed by atoms with van der Waals surface area (Å²) in [6.07, 6.45) is 3.85. The molecular formula is C14H28N2O2. The van der Waals surface area contributed by atoms with E-state index in [9.17, 15) is 5.11 Å². The first-order valence-corrected chi connectivity index (χ1v) is 7.26. The van der Waals surface area contributed by atoms with Crippen LogP contribution in [0.2, 0.25) is 0 Å². The van der Waals surface area contributed by atoms with Crippen LogP contribution in [0.25, 0.3) is 0 Å². The molecule has 3 atom stereocenters. The number of aliphatic hydroxyl groups excluding tert-OH is 1. The van der Waals surface area contributed by atoms with Crippen LogP contribution in [0, 0.1) is 0 Å². The minimum atomic E-state index is -0.137. The molecule has 1 aliphatic heterocycles. The zero-order valence-electron chi connectivity index (χ0n) is 12.0. The average molecular weight is 256 g/mol. The molecule has 2 fully saturated rings. The summed E-state index contributed by atoms with van der Waals surface area (Å²) >= 11 is 0. The number of aliphatic hydroxyl groups is 1. The van der Waals surface area contributed by atoms with E-state index in [1.54, 1.807) is 0 Å². The number of rotatable bonds is 6. The SMILES string of the molecule is CC1CN(C(C)CC(C)(CO)NC2CC2)CCO1. The lowest BCUT2D eigenvalue weighted by Crippen LogP contribution is -2.53. The Morgan fingerprint density at radius 1 is 1.50 bits per heavy atom. The van der Waals surface area contributed by atoms with E-state index in [0.29, 0.717) is 18.2 Å². The summed E-state index contributed by atoms with van der Waals surface area (Å²) in [5, 5.41) is 13.2. The van der Waals surface area contributed by atoms with Crippen molar-refractivity contribution in [2.45, 2.75) is 63.8 Å². The Morgan fingerprint density at radius 3 is 2.78 bits per heavy atom. The largest absolute Gasteiger partial charge is 0.394 e. The lowest BCUT2D eigenvalue weighted by molar-refractivity contribution is -0.0375. The van der Waals surface area contributed by atoms with Gasteiger partial charge in [0.2, 0.25) is 0 Å². The van der Waals surface area contributed by atoms with Crippen LogP contribution in [0.5, 0.6) is 0 Å². The Balaban J connectivity index is 1.85. The summed E-state index contributed by atoms with van der Waals surface area (Å²) in [6, 6.07) is 1.12. The molecule has 0 amide bonds. The van der Waals surface area contributed by atoms with E-state index < -0.39 is 0 Å². The monoisotopic (exact) mass is 256 g/mol. The highest BCUT2D eigenvalue weighted by molar-refractivity contribution is 4.94. The van der Waals surface area contributed by atoms with Crippen molar-refractivity contribution < 1.29 is 9.84 Å². The van der Waals surface area contributed by atoms with Gasteiger partial charge in [-0.25, -0.2) is 0 Å². The van der Waals surface area contributed by atoms with Crippen molar-refractivity contribution in [2.75, 3.05) is 26.3 Å². The standard InChI is InChI=1S/C14H28N2O2/c1-11(16-6-7-18-12(2)9-16)8-14(3,10-17)15-13-4-5-13/h11-13,15,17H,4-10H2,1-3H3. The maximum atomic E-state index is 9.66. The zero-order valence-corrected chi connectivity index (χ0v) is 12.0. The van der Waals surface area contributed by atoms with E-state index in [1.807, 2.05) is 0 Å². The maximum Gasteiger partial charge on any atom is 0.0674 e. The number of hydrogen-bond acceptors (Lipinski definition) is 4. The Labute approximate surface area is 111 Å². The quantitative estimate of drug-likeness (QED) is 0.744. The van der Waals surface area contributed by atoms with Crippen LogP contribution in [0.1, 0.15) is 40.0 Å². The first-order chi connectivity index (χ1) is 8.52. The predicted octanol–water partition coefficient (Wildman–Crippen LogP) is 0.989. The smallest absolute Gasteiger partial charge is 0.0674 e. The average Bonchev–Trinajstić information content (AvgIpc) is 3.12. The molecule has 106 valence electrons. The molecule has 0 aromatic heterocycles. The van der Waals surface area contributed by atoms with Crippen molar-refractivity contribution in [2.24, 2.45) is 0 Å². The third-order valence-electron chi connectivity index (χ3n) is 4.12. The molecular weight excluding hydrogens is 228 g/mol. The second-order valence-electron chi connectivity index (χ2n) is 6.37. The molecule has 1 saturated heterocycles. The van der Waals surface area contributed by atoms with E-state index in [-0.39, 0.29) is 12.1 Å². The van der Waals surface area contributed by atoms with Crippen LogP contribution in [0.3, 0.4) is 0 Å². The van der Waals surface area contributed by atoms with E-state index in [0.717, 1.165) is 26.1 Å². The van der Waals surface area contributed by atoms with Gasteiger partial charge < -0.3 is 15.2 Å². The van der Waals surface area contributed by atoms with E-state index in [1.165, 1.54) is 12.8 Å². The fourth-order valence-corrected chi connectivity index (χ4v) is 2.92. The molecule has 0 aromatic carbocycles. The second-order valence-corrected chi connectivity index (χ2v) is 6.37. The third-order valence-corrected chi connectivity index (χ3v) is 4.12. The second kappa shape index (κ2) is 5.87. The van der Waals surface area contributed by atoms with Gasteiger partial charge in [-0.3, -0.25) is 4.90 Å². The van der Waals surface area contributed by atoms with E-state index in [2.05, 4.69) is 31.0 Å². The molecule has 0 aromatic rings. The summed E-state index contributed by atoms with van der Waals surface area (Å²) in [6.45, 7) is 9.60. The summed E-state index contributed by atoms with van der Waals surface area (Å²) in [5.41, 5.74) is -0.137. The van der Waals surface area contributed by atoms with Crippen LogP contribution in [0.15, 0.2) is 0 Å². The van der Waals surface area contributed by atoms with Crippen LogP contribution < -0.4 is 5.32 Å².